The fourth-order valence-corrected chi connectivity index (χ4v) is 1.48. The highest BCUT2D eigenvalue weighted by molar-refractivity contribution is 5.98. The predicted molar refractivity (Wildman–Crippen MR) is 59.4 cm³/mol. The van der Waals surface area contributed by atoms with Crippen LogP contribution in [0.3, 0.4) is 0 Å². The van der Waals surface area contributed by atoms with E-state index < -0.39 is 0 Å². The Morgan fingerprint density at radius 1 is 1.71 bits per heavy atom. The maximum Gasteiger partial charge on any atom is 0.146 e. The van der Waals surface area contributed by atoms with E-state index >= 15 is 0 Å². The van der Waals surface area contributed by atoms with Gasteiger partial charge in [0.05, 0.1) is 19.3 Å². The standard InChI is InChI=1S/C10H20O3Si/c1-8(9(2)13-14)4-3-5-11-6-10-7-12-10/h9-10H,1,3-7H2,2,14H3. The van der Waals surface area contributed by atoms with Crippen LogP contribution in [0.4, 0.5) is 0 Å². The molecule has 1 fully saturated rings. The molecule has 0 amide bonds. The Hall–Kier alpha value is -0.163. The van der Waals surface area contributed by atoms with E-state index in [1.54, 1.807) is 0 Å². The molecule has 0 aromatic heterocycles. The summed E-state index contributed by atoms with van der Waals surface area (Å²) in [7, 11) is 0.778. The summed E-state index contributed by atoms with van der Waals surface area (Å²) in [4.78, 5) is 0. The second-order valence-corrected chi connectivity index (χ2v) is 4.14. The van der Waals surface area contributed by atoms with Crippen molar-refractivity contribution in [1.82, 2.24) is 0 Å². The van der Waals surface area contributed by atoms with Gasteiger partial charge in [-0.25, -0.2) is 0 Å². The molecule has 0 aromatic carbocycles. The molecule has 1 saturated heterocycles. The van der Waals surface area contributed by atoms with Gasteiger partial charge >= 0.3 is 0 Å². The largest absolute Gasteiger partial charge is 0.422 e. The molecule has 82 valence electrons. The highest BCUT2D eigenvalue weighted by Crippen LogP contribution is 2.11. The summed E-state index contributed by atoms with van der Waals surface area (Å²) in [6, 6.07) is 0. The zero-order chi connectivity index (χ0) is 10.4. The van der Waals surface area contributed by atoms with Crippen molar-refractivity contribution in [3.63, 3.8) is 0 Å². The molecule has 1 aliphatic rings. The first kappa shape index (κ1) is 11.9. The van der Waals surface area contributed by atoms with Gasteiger partial charge < -0.3 is 13.9 Å². The Morgan fingerprint density at radius 3 is 3.00 bits per heavy atom. The Labute approximate surface area is 89.0 Å². The van der Waals surface area contributed by atoms with Crippen LogP contribution >= 0.6 is 0 Å². The van der Waals surface area contributed by atoms with Gasteiger partial charge in [0.1, 0.15) is 16.6 Å². The lowest BCUT2D eigenvalue weighted by Crippen LogP contribution is -2.10. The van der Waals surface area contributed by atoms with E-state index in [2.05, 4.69) is 6.58 Å². The number of ether oxygens (including phenoxy) is 2. The average Bonchev–Trinajstić information content (AvgIpc) is 2.99. The molecule has 0 N–H and O–H groups in total. The number of epoxide rings is 1. The quantitative estimate of drug-likeness (QED) is 0.255. The molecule has 14 heavy (non-hydrogen) atoms. The smallest absolute Gasteiger partial charge is 0.146 e. The minimum atomic E-state index is 0.216. The highest BCUT2D eigenvalue weighted by atomic mass is 28.2. The van der Waals surface area contributed by atoms with Crippen LogP contribution in [0, 0.1) is 0 Å². The number of hydrogen-bond donors (Lipinski definition) is 0. The summed E-state index contributed by atoms with van der Waals surface area (Å²) in [5.74, 6) is 0. The van der Waals surface area contributed by atoms with Crippen LogP contribution in [0.1, 0.15) is 19.8 Å². The van der Waals surface area contributed by atoms with Gasteiger partial charge in [-0.15, -0.1) is 0 Å². The molecular formula is C10H20O3Si. The van der Waals surface area contributed by atoms with Crippen molar-refractivity contribution in [2.75, 3.05) is 19.8 Å². The molecule has 4 heteroatoms. The zero-order valence-corrected chi connectivity index (χ0v) is 11.1. The molecule has 0 bridgehead atoms. The summed E-state index contributed by atoms with van der Waals surface area (Å²) in [6.45, 7) is 8.46. The predicted octanol–water partition coefficient (Wildman–Crippen LogP) is 0.424. The van der Waals surface area contributed by atoms with Gasteiger partial charge in [0.2, 0.25) is 0 Å². The summed E-state index contributed by atoms with van der Waals surface area (Å²) in [5, 5.41) is 0. The first-order valence-corrected chi connectivity index (χ1v) is 5.95. The summed E-state index contributed by atoms with van der Waals surface area (Å²) < 4.78 is 15.8. The monoisotopic (exact) mass is 216 g/mol. The molecule has 0 radical (unpaired) electrons. The number of rotatable bonds is 8. The van der Waals surface area contributed by atoms with Gasteiger partial charge in [0.25, 0.3) is 0 Å². The van der Waals surface area contributed by atoms with Crippen LogP contribution in [0.2, 0.25) is 0 Å². The van der Waals surface area contributed by atoms with Crippen molar-refractivity contribution in [1.29, 1.82) is 0 Å². The normalized spacial score (nSPS) is 22.2. The van der Waals surface area contributed by atoms with E-state index in [0.717, 1.165) is 43.1 Å². The summed E-state index contributed by atoms with van der Waals surface area (Å²) in [5.41, 5.74) is 1.17. The Kier molecular flexibility index (Phi) is 5.40. The molecule has 1 heterocycles. The van der Waals surface area contributed by atoms with Gasteiger partial charge in [-0.1, -0.05) is 12.2 Å². The molecule has 3 nitrogen and oxygen atoms in total. The second-order valence-electron chi connectivity index (χ2n) is 3.67. The Balaban J connectivity index is 1.88. The number of hydrogen-bond acceptors (Lipinski definition) is 3. The maximum atomic E-state index is 5.42. The van der Waals surface area contributed by atoms with Crippen molar-refractivity contribution < 1.29 is 13.9 Å². The first-order valence-electron chi connectivity index (χ1n) is 5.14. The van der Waals surface area contributed by atoms with E-state index in [4.69, 9.17) is 13.9 Å². The van der Waals surface area contributed by atoms with Gasteiger partial charge in [-0.05, 0) is 19.8 Å². The minimum absolute atomic E-state index is 0.216. The molecular weight excluding hydrogens is 196 g/mol. The van der Waals surface area contributed by atoms with E-state index in [1.807, 2.05) is 6.92 Å². The molecule has 2 atom stereocenters. The van der Waals surface area contributed by atoms with Gasteiger partial charge in [-0.3, -0.25) is 0 Å². The van der Waals surface area contributed by atoms with Gasteiger partial charge in [-0.2, -0.15) is 0 Å². The summed E-state index contributed by atoms with van der Waals surface area (Å²) >= 11 is 0. The van der Waals surface area contributed by atoms with Crippen LogP contribution in [0.15, 0.2) is 12.2 Å². The minimum Gasteiger partial charge on any atom is -0.422 e. The SMILES string of the molecule is C=C(CCCOCC1CO1)C(C)O[SiH3]. The lowest BCUT2D eigenvalue weighted by atomic mass is 10.1. The van der Waals surface area contributed by atoms with Crippen molar-refractivity contribution in [3.05, 3.63) is 12.2 Å². The van der Waals surface area contributed by atoms with Crippen molar-refractivity contribution >= 4 is 10.5 Å². The van der Waals surface area contributed by atoms with E-state index in [0.29, 0.717) is 6.10 Å². The maximum absolute atomic E-state index is 5.42. The average molecular weight is 216 g/mol. The molecule has 1 aliphatic heterocycles. The molecule has 2 unspecified atom stereocenters. The fraction of sp³-hybridized carbons (Fsp3) is 0.800. The van der Waals surface area contributed by atoms with Crippen molar-refractivity contribution in [2.45, 2.75) is 32.0 Å². The van der Waals surface area contributed by atoms with E-state index in [-0.39, 0.29) is 6.10 Å². The molecule has 1 rings (SSSR count). The lowest BCUT2D eigenvalue weighted by Gasteiger charge is -2.13. The lowest BCUT2D eigenvalue weighted by molar-refractivity contribution is 0.113. The second kappa shape index (κ2) is 6.34. The van der Waals surface area contributed by atoms with Crippen LogP contribution < -0.4 is 0 Å². The van der Waals surface area contributed by atoms with Crippen LogP contribution in [0.25, 0.3) is 0 Å². The van der Waals surface area contributed by atoms with E-state index in [1.165, 1.54) is 5.57 Å². The topological polar surface area (TPSA) is 31.0 Å². The molecule has 0 spiro atoms. The van der Waals surface area contributed by atoms with Gasteiger partial charge in [0.15, 0.2) is 0 Å². The molecule has 0 aliphatic carbocycles. The first-order chi connectivity index (χ1) is 6.74. The summed E-state index contributed by atoms with van der Waals surface area (Å²) in [6.07, 6.45) is 2.62. The Bertz CT molecular complexity index is 180. The van der Waals surface area contributed by atoms with Gasteiger partial charge in [0, 0.05) is 6.61 Å². The third-order valence-corrected chi connectivity index (χ3v) is 3.13. The van der Waals surface area contributed by atoms with Crippen molar-refractivity contribution in [3.8, 4) is 0 Å². The van der Waals surface area contributed by atoms with Crippen LogP contribution in [0.5, 0.6) is 0 Å². The van der Waals surface area contributed by atoms with E-state index in [9.17, 15) is 0 Å². The highest BCUT2D eigenvalue weighted by Gasteiger charge is 2.21. The molecule has 0 aromatic rings. The third kappa shape index (κ3) is 4.90. The Morgan fingerprint density at radius 2 is 2.43 bits per heavy atom. The third-order valence-electron chi connectivity index (χ3n) is 2.42. The van der Waals surface area contributed by atoms with Crippen LogP contribution in [-0.4, -0.2) is 42.5 Å². The zero-order valence-electron chi connectivity index (χ0n) is 9.12. The fourth-order valence-electron chi connectivity index (χ4n) is 1.15. The van der Waals surface area contributed by atoms with Crippen molar-refractivity contribution in [2.24, 2.45) is 0 Å². The molecule has 0 saturated carbocycles. The van der Waals surface area contributed by atoms with Crippen LogP contribution in [-0.2, 0) is 13.9 Å².